The monoisotopic (exact) mass is 560 g/mol. The smallest absolute Gasteiger partial charge is 0.246 e. The lowest BCUT2D eigenvalue weighted by Crippen LogP contribution is -2.38. The number of benzene rings is 1. The molecule has 1 aliphatic heterocycles. The van der Waals surface area contributed by atoms with Crippen LogP contribution in [0.4, 0.5) is 10.2 Å². The van der Waals surface area contributed by atoms with Gasteiger partial charge in [-0.2, -0.15) is 5.10 Å². The molecule has 0 bridgehead atoms. The van der Waals surface area contributed by atoms with Gasteiger partial charge >= 0.3 is 0 Å². The summed E-state index contributed by atoms with van der Waals surface area (Å²) >= 11 is 12.4. The summed E-state index contributed by atoms with van der Waals surface area (Å²) in [6.07, 6.45) is 9.87. The molecule has 2 aromatic heterocycles. The second-order valence-electron chi connectivity index (χ2n) is 9.55. The molecule has 3 heterocycles. The highest BCUT2D eigenvalue weighted by atomic mass is 35.5. The third-order valence-corrected chi connectivity index (χ3v) is 7.20. The maximum atomic E-state index is 14.0. The molecule has 4 rings (SSSR count). The summed E-state index contributed by atoms with van der Waals surface area (Å²) in [4.78, 5) is 20.6. The molecule has 1 saturated heterocycles. The molecule has 38 heavy (non-hydrogen) atoms. The van der Waals surface area contributed by atoms with Crippen molar-refractivity contribution >= 4 is 34.9 Å². The largest absolute Gasteiger partial charge is 0.482 e. The van der Waals surface area contributed by atoms with E-state index in [0.29, 0.717) is 29.4 Å². The van der Waals surface area contributed by atoms with Crippen molar-refractivity contribution in [1.29, 1.82) is 0 Å². The van der Waals surface area contributed by atoms with Crippen LogP contribution in [0.2, 0.25) is 10.0 Å². The van der Waals surface area contributed by atoms with Gasteiger partial charge in [0, 0.05) is 59.8 Å². The summed E-state index contributed by atoms with van der Waals surface area (Å²) in [5, 5.41) is 4.77. The number of piperidine rings is 1. The van der Waals surface area contributed by atoms with Gasteiger partial charge in [0.2, 0.25) is 5.91 Å². The average Bonchev–Trinajstić information content (AvgIpc) is 3.38. The Balaban J connectivity index is 1.43. The fourth-order valence-corrected chi connectivity index (χ4v) is 5.06. The van der Waals surface area contributed by atoms with E-state index in [1.54, 1.807) is 31.5 Å². The van der Waals surface area contributed by atoms with Gasteiger partial charge in [-0.1, -0.05) is 29.3 Å². The maximum absolute atomic E-state index is 14.0. The standard InChI is InChI=1S/C27H31Cl2FN6O2/c1-17(25-21(28)6-7-22(30)26(25)29)38-23-13-18(14-32-27(23)31)19-15-33-36(16-19)20-8-11-35(12-9-20)24(37)5-4-10-34(2)3/h4-7,13-17,20H,8-12H2,1-3H3,(H2,31,32)/b5-4+. The van der Waals surface area contributed by atoms with Crippen LogP contribution in [0.25, 0.3) is 11.1 Å². The van der Waals surface area contributed by atoms with Gasteiger partial charge in [-0.15, -0.1) is 0 Å². The predicted molar refractivity (Wildman–Crippen MR) is 148 cm³/mol. The van der Waals surface area contributed by atoms with E-state index in [1.807, 2.05) is 40.8 Å². The highest BCUT2D eigenvalue weighted by Crippen LogP contribution is 2.37. The number of halogens is 3. The van der Waals surface area contributed by atoms with Gasteiger partial charge < -0.3 is 20.3 Å². The van der Waals surface area contributed by atoms with Crippen LogP contribution >= 0.6 is 23.2 Å². The van der Waals surface area contributed by atoms with Crippen LogP contribution in [0.15, 0.2) is 48.9 Å². The number of hydrogen-bond donors (Lipinski definition) is 1. The number of ether oxygens (including phenoxy) is 1. The van der Waals surface area contributed by atoms with E-state index in [0.717, 1.165) is 30.5 Å². The maximum Gasteiger partial charge on any atom is 0.246 e. The normalized spacial score (nSPS) is 15.4. The fraction of sp³-hybridized carbons (Fsp3) is 0.370. The zero-order valence-electron chi connectivity index (χ0n) is 21.6. The number of nitrogens with zero attached hydrogens (tertiary/aromatic N) is 5. The Kier molecular flexibility index (Phi) is 8.91. The van der Waals surface area contributed by atoms with Gasteiger partial charge in [-0.25, -0.2) is 9.37 Å². The zero-order valence-corrected chi connectivity index (χ0v) is 23.1. The number of nitrogen functional groups attached to an aromatic ring is 1. The molecule has 0 radical (unpaired) electrons. The minimum Gasteiger partial charge on any atom is -0.482 e. The third-order valence-electron chi connectivity index (χ3n) is 6.49. The number of aromatic nitrogens is 3. The minimum atomic E-state index is -0.668. The number of anilines is 1. The molecule has 1 fully saturated rings. The van der Waals surface area contributed by atoms with Crippen LogP contribution in [0, 0.1) is 5.82 Å². The molecule has 1 aromatic carbocycles. The number of likely N-dealkylation sites (tertiary alicyclic amines) is 1. The first-order valence-corrected chi connectivity index (χ1v) is 13.1. The highest BCUT2D eigenvalue weighted by molar-refractivity contribution is 6.36. The molecule has 11 heteroatoms. The second kappa shape index (κ2) is 12.1. The van der Waals surface area contributed by atoms with Gasteiger partial charge in [0.25, 0.3) is 0 Å². The van der Waals surface area contributed by atoms with Crippen molar-refractivity contribution in [1.82, 2.24) is 24.6 Å². The van der Waals surface area contributed by atoms with Gasteiger partial charge in [0.05, 0.1) is 17.3 Å². The fourth-order valence-electron chi connectivity index (χ4n) is 4.38. The molecule has 2 N–H and O–H groups in total. The number of rotatable bonds is 8. The second-order valence-corrected chi connectivity index (χ2v) is 10.3. The molecule has 1 unspecified atom stereocenters. The van der Waals surface area contributed by atoms with E-state index >= 15 is 0 Å². The van der Waals surface area contributed by atoms with Gasteiger partial charge in [0.15, 0.2) is 11.6 Å². The summed E-state index contributed by atoms with van der Waals surface area (Å²) in [7, 11) is 3.93. The molecule has 3 aromatic rings. The molecule has 1 amide bonds. The van der Waals surface area contributed by atoms with E-state index in [1.165, 1.54) is 12.1 Å². The van der Waals surface area contributed by atoms with Gasteiger partial charge in [0.1, 0.15) is 11.9 Å². The number of likely N-dealkylation sites (N-methyl/N-ethyl adjacent to an activating group) is 1. The predicted octanol–water partition coefficient (Wildman–Crippen LogP) is 5.39. The molecule has 8 nitrogen and oxygen atoms in total. The zero-order chi connectivity index (χ0) is 27.4. The Morgan fingerprint density at radius 1 is 1.26 bits per heavy atom. The molecular formula is C27H31Cl2FN6O2. The van der Waals surface area contributed by atoms with Crippen molar-refractivity contribution < 1.29 is 13.9 Å². The first-order chi connectivity index (χ1) is 18.1. The molecule has 0 aliphatic carbocycles. The van der Waals surface area contributed by atoms with E-state index in [-0.39, 0.29) is 22.8 Å². The number of amides is 1. The average molecular weight is 561 g/mol. The molecule has 0 saturated carbocycles. The van der Waals surface area contributed by atoms with Crippen molar-refractivity contribution in [2.45, 2.75) is 31.9 Å². The van der Waals surface area contributed by atoms with Crippen LogP contribution in [-0.2, 0) is 4.79 Å². The third kappa shape index (κ3) is 6.46. The van der Waals surface area contributed by atoms with Crippen LogP contribution in [0.1, 0.15) is 37.5 Å². The first kappa shape index (κ1) is 27.9. The van der Waals surface area contributed by atoms with Crippen molar-refractivity contribution in [2.75, 3.05) is 39.5 Å². The van der Waals surface area contributed by atoms with Crippen molar-refractivity contribution in [3.63, 3.8) is 0 Å². The molecule has 1 atom stereocenters. The number of nitrogens with two attached hydrogens (primary N) is 1. The van der Waals surface area contributed by atoms with Crippen molar-refractivity contribution in [3.8, 4) is 16.9 Å². The van der Waals surface area contributed by atoms with Gasteiger partial charge in [-0.3, -0.25) is 9.48 Å². The van der Waals surface area contributed by atoms with E-state index in [2.05, 4.69) is 10.1 Å². The summed E-state index contributed by atoms with van der Waals surface area (Å²) < 4.78 is 21.9. The number of hydrogen-bond acceptors (Lipinski definition) is 6. The summed E-state index contributed by atoms with van der Waals surface area (Å²) in [5.41, 5.74) is 8.02. The molecule has 1 aliphatic rings. The molecule has 0 spiro atoms. The lowest BCUT2D eigenvalue weighted by atomic mass is 10.0. The van der Waals surface area contributed by atoms with Crippen LogP contribution in [0.3, 0.4) is 0 Å². The lowest BCUT2D eigenvalue weighted by Gasteiger charge is -2.31. The Labute approximate surface area is 231 Å². The Morgan fingerprint density at radius 2 is 2.00 bits per heavy atom. The lowest BCUT2D eigenvalue weighted by molar-refractivity contribution is -0.127. The topological polar surface area (TPSA) is 89.5 Å². The van der Waals surface area contributed by atoms with Crippen LogP contribution in [0.5, 0.6) is 5.75 Å². The Hall–Kier alpha value is -3.14. The Bertz CT molecular complexity index is 1320. The van der Waals surface area contributed by atoms with E-state index < -0.39 is 11.9 Å². The SMILES string of the molecule is CC(Oc1cc(-c2cnn(C3CCN(C(=O)/C=C/CN(C)C)CC3)c2)cnc1N)c1c(Cl)ccc(F)c1Cl. The summed E-state index contributed by atoms with van der Waals surface area (Å²) in [5.74, 6) is -0.0201. The summed E-state index contributed by atoms with van der Waals surface area (Å²) in [6, 6.07) is 4.60. The van der Waals surface area contributed by atoms with Crippen molar-refractivity contribution in [3.05, 3.63) is 70.4 Å². The molecular weight excluding hydrogens is 530 g/mol. The van der Waals surface area contributed by atoms with Crippen LogP contribution < -0.4 is 10.5 Å². The van der Waals surface area contributed by atoms with Crippen LogP contribution in [-0.4, -0.2) is 64.2 Å². The summed E-state index contributed by atoms with van der Waals surface area (Å²) in [6.45, 7) is 3.80. The van der Waals surface area contributed by atoms with Crippen molar-refractivity contribution in [2.24, 2.45) is 0 Å². The Morgan fingerprint density at radius 3 is 2.71 bits per heavy atom. The number of carbonyl (C=O) groups is 1. The number of pyridine rings is 1. The first-order valence-electron chi connectivity index (χ1n) is 12.3. The minimum absolute atomic E-state index is 0.0435. The number of carbonyl (C=O) groups excluding carboxylic acids is 1. The highest BCUT2D eigenvalue weighted by Gasteiger charge is 2.24. The quantitative estimate of drug-likeness (QED) is 0.293. The van der Waals surface area contributed by atoms with E-state index in [9.17, 15) is 9.18 Å². The molecule has 202 valence electrons. The van der Waals surface area contributed by atoms with E-state index in [4.69, 9.17) is 33.7 Å². The van der Waals surface area contributed by atoms with Gasteiger partial charge in [-0.05, 0) is 52.1 Å².